The zero-order chi connectivity index (χ0) is 14.3. The predicted molar refractivity (Wildman–Crippen MR) is 65.6 cm³/mol. The first-order valence-corrected chi connectivity index (χ1v) is 6.43. The van der Waals surface area contributed by atoms with Gasteiger partial charge in [-0.1, -0.05) is 12.1 Å². The average Bonchev–Trinajstić information content (AvgIpc) is 2.69. The minimum Gasteiger partial charge on any atom is -0.403 e. The molecule has 1 fully saturated rings. The van der Waals surface area contributed by atoms with Crippen molar-refractivity contribution in [1.82, 2.24) is 5.32 Å². The van der Waals surface area contributed by atoms with Crippen molar-refractivity contribution < 1.29 is 22.3 Å². The van der Waals surface area contributed by atoms with E-state index in [4.69, 9.17) is 0 Å². The summed E-state index contributed by atoms with van der Waals surface area (Å²) in [5, 5.41) is 3.40. The second kappa shape index (κ2) is 4.77. The Bertz CT molecular complexity index is 553. The van der Waals surface area contributed by atoms with Gasteiger partial charge in [0.05, 0.1) is 0 Å². The molecule has 1 aromatic rings. The van der Waals surface area contributed by atoms with E-state index in [9.17, 15) is 17.6 Å². The quantitative estimate of drug-likeness (QED) is 0.839. The van der Waals surface area contributed by atoms with Gasteiger partial charge in [0.1, 0.15) is 0 Å². The van der Waals surface area contributed by atoms with Crippen LogP contribution in [-0.2, 0) is 0 Å². The first-order valence-electron chi connectivity index (χ1n) is 6.43. The Labute approximate surface area is 113 Å². The van der Waals surface area contributed by atoms with Crippen LogP contribution < -0.4 is 10.1 Å². The third-order valence-electron chi connectivity index (χ3n) is 3.67. The van der Waals surface area contributed by atoms with Crippen molar-refractivity contribution >= 4 is 5.57 Å². The topological polar surface area (TPSA) is 21.3 Å². The van der Waals surface area contributed by atoms with Gasteiger partial charge in [-0.15, -0.1) is 13.2 Å². The predicted octanol–water partition coefficient (Wildman–Crippen LogP) is 3.63. The fraction of sp³-hybridized carbons (Fsp3) is 0.429. The van der Waals surface area contributed by atoms with E-state index in [1.165, 1.54) is 6.07 Å². The molecule has 2 heterocycles. The van der Waals surface area contributed by atoms with Crippen molar-refractivity contribution in [2.24, 2.45) is 0 Å². The van der Waals surface area contributed by atoms with Crippen LogP contribution in [-0.4, -0.2) is 18.4 Å². The highest BCUT2D eigenvalue weighted by Gasteiger charge is 2.33. The minimum atomic E-state index is -4.88. The Morgan fingerprint density at radius 2 is 2.00 bits per heavy atom. The lowest BCUT2D eigenvalue weighted by atomic mass is 9.96. The summed E-state index contributed by atoms with van der Waals surface area (Å²) in [5.41, 5.74) is 1.60. The van der Waals surface area contributed by atoms with Crippen molar-refractivity contribution in [3.63, 3.8) is 0 Å². The maximum absolute atomic E-state index is 13.7. The molecular weight excluding hydrogens is 274 g/mol. The van der Waals surface area contributed by atoms with Gasteiger partial charge in [-0.25, -0.2) is 4.39 Å². The molecule has 1 N–H and O–H groups in total. The van der Waals surface area contributed by atoms with Crippen LogP contribution in [0.2, 0.25) is 0 Å². The summed E-state index contributed by atoms with van der Waals surface area (Å²) in [7, 11) is 0. The van der Waals surface area contributed by atoms with Gasteiger partial charge in [0.2, 0.25) is 0 Å². The second-order valence-corrected chi connectivity index (χ2v) is 5.14. The summed E-state index contributed by atoms with van der Waals surface area (Å²) in [6, 6.07) is 4.29. The van der Waals surface area contributed by atoms with E-state index in [1.807, 2.05) is 6.08 Å². The molecule has 0 aliphatic carbocycles. The maximum Gasteiger partial charge on any atom is 0.573 e. The second-order valence-electron chi connectivity index (χ2n) is 5.14. The van der Waals surface area contributed by atoms with Crippen LogP contribution in [0.15, 0.2) is 24.3 Å². The lowest BCUT2D eigenvalue weighted by molar-refractivity contribution is -0.275. The van der Waals surface area contributed by atoms with Crippen LogP contribution in [0.4, 0.5) is 17.6 Å². The highest BCUT2D eigenvalue weighted by Crippen LogP contribution is 2.34. The van der Waals surface area contributed by atoms with Crippen LogP contribution >= 0.6 is 0 Å². The molecule has 2 aliphatic rings. The van der Waals surface area contributed by atoms with E-state index in [0.29, 0.717) is 11.6 Å². The third kappa shape index (κ3) is 2.80. The first kappa shape index (κ1) is 13.4. The fourth-order valence-electron chi connectivity index (χ4n) is 2.84. The summed E-state index contributed by atoms with van der Waals surface area (Å²) < 4.78 is 53.5. The first-order chi connectivity index (χ1) is 9.40. The van der Waals surface area contributed by atoms with Gasteiger partial charge in [0, 0.05) is 12.1 Å². The van der Waals surface area contributed by atoms with E-state index in [1.54, 1.807) is 0 Å². The Morgan fingerprint density at radius 1 is 1.20 bits per heavy atom. The summed E-state index contributed by atoms with van der Waals surface area (Å²) in [5.74, 6) is -1.79. The summed E-state index contributed by atoms with van der Waals surface area (Å²) in [6.07, 6.45) is 0.0435. The van der Waals surface area contributed by atoms with Crippen molar-refractivity contribution in [3.8, 4) is 5.75 Å². The normalized spacial score (nSPS) is 25.5. The fourth-order valence-corrected chi connectivity index (χ4v) is 2.84. The molecule has 2 unspecified atom stereocenters. The number of fused-ring (bicyclic) bond motifs is 2. The molecular formula is C14H13F4NO. The molecule has 2 atom stereocenters. The molecule has 2 bridgehead atoms. The van der Waals surface area contributed by atoms with E-state index < -0.39 is 17.9 Å². The Hall–Kier alpha value is -1.56. The van der Waals surface area contributed by atoms with Gasteiger partial charge < -0.3 is 10.1 Å². The smallest absolute Gasteiger partial charge is 0.403 e. The van der Waals surface area contributed by atoms with E-state index >= 15 is 0 Å². The molecule has 0 spiro atoms. The number of benzene rings is 1. The maximum atomic E-state index is 13.7. The average molecular weight is 287 g/mol. The van der Waals surface area contributed by atoms with Crippen LogP contribution in [0.25, 0.3) is 5.57 Å². The van der Waals surface area contributed by atoms with Crippen molar-refractivity contribution in [3.05, 3.63) is 35.7 Å². The van der Waals surface area contributed by atoms with Crippen molar-refractivity contribution in [2.45, 2.75) is 37.7 Å². The molecule has 0 aromatic heterocycles. The molecule has 0 amide bonds. The highest BCUT2D eigenvalue weighted by molar-refractivity contribution is 5.68. The third-order valence-corrected chi connectivity index (χ3v) is 3.67. The van der Waals surface area contributed by atoms with Crippen molar-refractivity contribution in [1.29, 1.82) is 0 Å². The lowest BCUT2D eigenvalue weighted by Gasteiger charge is -2.21. The molecule has 108 valence electrons. The molecule has 3 rings (SSSR count). The van der Waals surface area contributed by atoms with Crippen LogP contribution in [0.3, 0.4) is 0 Å². The van der Waals surface area contributed by atoms with Crippen LogP contribution in [0.1, 0.15) is 24.8 Å². The highest BCUT2D eigenvalue weighted by atomic mass is 19.4. The molecule has 1 aromatic carbocycles. The molecule has 0 saturated carbocycles. The number of hydrogen-bond donors (Lipinski definition) is 1. The van der Waals surface area contributed by atoms with Crippen LogP contribution in [0.5, 0.6) is 5.75 Å². The van der Waals surface area contributed by atoms with E-state index in [-0.39, 0.29) is 6.04 Å². The van der Waals surface area contributed by atoms with Gasteiger partial charge in [-0.05, 0) is 42.5 Å². The van der Waals surface area contributed by atoms with Gasteiger partial charge in [0.25, 0.3) is 0 Å². The Kier molecular flexibility index (Phi) is 3.20. The number of ether oxygens (including phenoxy) is 1. The van der Waals surface area contributed by atoms with Gasteiger partial charge in [0.15, 0.2) is 11.6 Å². The van der Waals surface area contributed by atoms with Crippen molar-refractivity contribution in [2.75, 3.05) is 0 Å². The largest absolute Gasteiger partial charge is 0.573 e. The number of hydrogen-bond acceptors (Lipinski definition) is 2. The van der Waals surface area contributed by atoms with Crippen LogP contribution in [0, 0.1) is 5.82 Å². The summed E-state index contributed by atoms with van der Waals surface area (Å²) in [6.45, 7) is 0. The molecule has 0 radical (unpaired) electrons. The van der Waals surface area contributed by atoms with Gasteiger partial charge in [-0.2, -0.15) is 0 Å². The SMILES string of the molecule is Fc1cc(C2=CC3CCC(C2)N3)ccc1OC(F)(F)F. The molecule has 20 heavy (non-hydrogen) atoms. The number of alkyl halides is 3. The van der Waals surface area contributed by atoms with Gasteiger partial charge in [-0.3, -0.25) is 0 Å². The van der Waals surface area contributed by atoms with Gasteiger partial charge >= 0.3 is 6.36 Å². The zero-order valence-corrected chi connectivity index (χ0v) is 10.5. The molecule has 2 nitrogen and oxygen atoms in total. The van der Waals surface area contributed by atoms with E-state index in [2.05, 4.69) is 10.1 Å². The Morgan fingerprint density at radius 3 is 2.65 bits per heavy atom. The number of rotatable bonds is 2. The molecule has 1 saturated heterocycles. The number of nitrogens with one attached hydrogen (secondary N) is 1. The molecule has 2 aliphatic heterocycles. The van der Waals surface area contributed by atoms with E-state index in [0.717, 1.165) is 37.0 Å². The molecule has 6 heteroatoms. The number of halogens is 4. The Balaban J connectivity index is 1.84. The standard InChI is InChI=1S/C14H13F4NO/c15-12-7-8(1-4-13(12)20-14(16,17)18)9-5-10-2-3-11(6-9)19-10/h1,4-5,7,10-11,19H,2-3,6H2. The zero-order valence-electron chi connectivity index (χ0n) is 10.5. The minimum absolute atomic E-state index is 0.290. The summed E-state index contributed by atoms with van der Waals surface area (Å²) in [4.78, 5) is 0. The summed E-state index contributed by atoms with van der Waals surface area (Å²) >= 11 is 0. The monoisotopic (exact) mass is 287 g/mol. The lowest BCUT2D eigenvalue weighted by Crippen LogP contribution is -2.31.